The maximum absolute atomic E-state index is 12.4. The van der Waals surface area contributed by atoms with Gasteiger partial charge in [0, 0.05) is 48.7 Å². The van der Waals surface area contributed by atoms with Crippen LogP contribution >= 0.6 is 43.2 Å². The molecule has 0 rings (SSSR count). The van der Waals surface area contributed by atoms with Crippen LogP contribution in [0, 0.1) is 0 Å². The zero-order valence-electron chi connectivity index (χ0n) is 42.0. The van der Waals surface area contributed by atoms with Crippen LogP contribution in [0.25, 0.3) is 0 Å². The van der Waals surface area contributed by atoms with Crippen LogP contribution in [0.4, 0.5) is 0 Å². The first-order chi connectivity index (χ1) is 37.3. The predicted molar refractivity (Wildman–Crippen MR) is 280 cm³/mol. The summed E-state index contributed by atoms with van der Waals surface area (Å²) in [6, 6.07) is -10.3. The summed E-state index contributed by atoms with van der Waals surface area (Å²) in [6.07, 6.45) is -2.25. The lowest BCUT2D eigenvalue weighted by Crippen LogP contribution is -2.50. The van der Waals surface area contributed by atoms with E-state index in [0.717, 1.165) is 43.2 Å². The Hall–Kier alpha value is -7.24. The topological polar surface area (TPSA) is 635 Å². The lowest BCUT2D eigenvalue weighted by molar-refractivity contribution is -0.140. The van der Waals surface area contributed by atoms with Gasteiger partial charge in [0.2, 0.25) is 47.3 Å². The van der Waals surface area contributed by atoms with Crippen molar-refractivity contribution in [3.05, 3.63) is 0 Å². The average molecular weight is 1230 g/mol. The van der Waals surface area contributed by atoms with Crippen LogP contribution in [0.3, 0.4) is 0 Å². The molecular weight excluding hydrogens is 1160 g/mol. The summed E-state index contributed by atoms with van der Waals surface area (Å²) in [5, 5.41) is 88.1. The normalized spacial score (nSPS) is 13.6. The maximum atomic E-state index is 12.4. The molecule has 0 aliphatic carbocycles. The summed E-state index contributed by atoms with van der Waals surface area (Å²) in [6.45, 7) is -2.96. The highest BCUT2D eigenvalue weighted by atomic mass is 33.1. The van der Waals surface area contributed by atoms with Gasteiger partial charge >= 0.3 is 47.8 Å². The van der Waals surface area contributed by atoms with Crippen molar-refractivity contribution in [2.75, 3.05) is 49.2 Å². The van der Waals surface area contributed by atoms with Crippen molar-refractivity contribution in [2.45, 2.75) is 99.7 Å². The standard InChI is InChI=1S/2C20H32N6O12S2/c2*21-9(19(35)36)1-3-13(27)25-11(17(33)23-5-15(29)30)7-39-40-8-12(18(34)24-6-16(31)32)26-14(28)4-2-10(22)20(37)38/h2*9-12H,1-8,21-22H2,(H,23,33)(H,24,34)(H,25,27)(H,26,28)(H,29,30)(H,31,32)(H,35,36)(H,37,38)/t2*9-,10-,11-,12-/m00/s1. The molecule has 36 nitrogen and oxygen atoms in total. The van der Waals surface area contributed by atoms with Crippen LogP contribution < -0.4 is 65.5 Å². The minimum atomic E-state index is -1.34. The van der Waals surface area contributed by atoms with Crippen LogP contribution in [0.5, 0.6) is 0 Å². The summed E-state index contributed by atoms with van der Waals surface area (Å²) in [5.74, 6) is -17.6. The highest BCUT2D eigenvalue weighted by Crippen LogP contribution is 2.24. The van der Waals surface area contributed by atoms with Crippen molar-refractivity contribution < 1.29 is 118 Å². The first-order valence-electron chi connectivity index (χ1n) is 22.8. The summed E-state index contributed by atoms with van der Waals surface area (Å²) in [4.78, 5) is 185. The van der Waals surface area contributed by atoms with E-state index in [1.165, 1.54) is 0 Å². The lowest BCUT2D eigenvalue weighted by Gasteiger charge is -2.20. The van der Waals surface area contributed by atoms with Crippen molar-refractivity contribution in [1.29, 1.82) is 0 Å². The van der Waals surface area contributed by atoms with Gasteiger partial charge < -0.3 is 106 Å². The molecule has 8 atom stereocenters. The number of nitrogens with one attached hydrogen (secondary N) is 8. The number of carboxylic acids is 8. The Bertz CT molecular complexity index is 1910. The molecule has 24 N–H and O–H groups in total. The zero-order valence-corrected chi connectivity index (χ0v) is 45.3. The molecule has 0 aromatic rings. The van der Waals surface area contributed by atoms with E-state index in [9.17, 15) is 76.7 Å². The summed E-state index contributed by atoms with van der Waals surface area (Å²) in [5.41, 5.74) is 21.4. The smallest absolute Gasteiger partial charge is 0.322 e. The molecule has 0 spiro atoms. The average Bonchev–Trinajstić information content (AvgIpc) is 3.37. The fourth-order valence-corrected chi connectivity index (χ4v) is 9.70. The third kappa shape index (κ3) is 38.3. The van der Waals surface area contributed by atoms with E-state index in [-0.39, 0.29) is 74.4 Å². The molecule has 0 saturated carbocycles. The van der Waals surface area contributed by atoms with Gasteiger partial charge in [0.15, 0.2) is 0 Å². The van der Waals surface area contributed by atoms with Gasteiger partial charge in [-0.25, -0.2) is 0 Å². The van der Waals surface area contributed by atoms with E-state index in [1.807, 2.05) is 0 Å². The van der Waals surface area contributed by atoms with E-state index < -0.39 is 170 Å². The molecule has 452 valence electrons. The summed E-state index contributed by atoms with van der Waals surface area (Å²) >= 11 is 0. The second-order valence-corrected chi connectivity index (χ2v) is 21.1. The Labute approximate surface area is 468 Å². The summed E-state index contributed by atoms with van der Waals surface area (Å²) in [7, 11) is 3.78. The third-order valence-electron chi connectivity index (χ3n) is 9.37. The SMILES string of the molecule is N[C@@H](CCC(=O)N[C@@H](CSSC[C@H](NC(=O)CC[C@H](N)C(=O)O)C(=O)NCC(=O)O)C(=O)NCC(=O)O)C(=O)O.N[C@@H](CCC(=O)N[C@@H](CSSC[C@H](NC(=O)CC[C@H](N)C(=O)O)C(=O)NCC(=O)O)C(=O)NCC(=O)O)C(=O)O. The Balaban J connectivity index is 0. The van der Waals surface area contributed by atoms with Gasteiger partial charge in [0.05, 0.1) is 0 Å². The monoisotopic (exact) mass is 1220 g/mol. The van der Waals surface area contributed by atoms with Crippen LogP contribution in [0.15, 0.2) is 0 Å². The number of carbonyl (C=O) groups excluding carboxylic acids is 8. The molecule has 0 fully saturated rings. The molecule has 40 heteroatoms. The van der Waals surface area contributed by atoms with Crippen LogP contribution in [0.1, 0.15) is 51.4 Å². The van der Waals surface area contributed by atoms with Crippen LogP contribution in [-0.2, 0) is 76.7 Å². The van der Waals surface area contributed by atoms with Crippen molar-refractivity contribution in [3.63, 3.8) is 0 Å². The number of hydrogen-bond acceptors (Lipinski definition) is 24. The van der Waals surface area contributed by atoms with Crippen LogP contribution in [0.2, 0.25) is 0 Å². The van der Waals surface area contributed by atoms with E-state index in [1.54, 1.807) is 0 Å². The first-order valence-corrected chi connectivity index (χ1v) is 27.8. The molecule has 0 bridgehead atoms. The van der Waals surface area contributed by atoms with Crippen molar-refractivity contribution in [3.8, 4) is 0 Å². The third-order valence-corrected chi connectivity index (χ3v) is 14.2. The van der Waals surface area contributed by atoms with Gasteiger partial charge in [-0.05, 0) is 25.7 Å². The fraction of sp³-hybridized carbons (Fsp3) is 0.600. The molecule has 0 aliphatic heterocycles. The van der Waals surface area contributed by atoms with Crippen molar-refractivity contribution >= 4 is 138 Å². The van der Waals surface area contributed by atoms with E-state index >= 15 is 0 Å². The minimum Gasteiger partial charge on any atom is -0.480 e. The number of rotatable bonds is 42. The number of amides is 8. The predicted octanol–water partition coefficient (Wildman–Crippen LogP) is -7.75. The Kier molecular flexibility index (Phi) is 39.1. The Morgan fingerprint density at radius 1 is 0.300 bits per heavy atom. The molecule has 0 aliphatic rings. The highest BCUT2D eigenvalue weighted by Gasteiger charge is 2.28. The fourth-order valence-electron chi connectivity index (χ4n) is 5.05. The van der Waals surface area contributed by atoms with Crippen molar-refractivity contribution in [2.24, 2.45) is 22.9 Å². The van der Waals surface area contributed by atoms with E-state index in [0.29, 0.717) is 0 Å². The molecule has 8 amide bonds. The Morgan fingerprint density at radius 3 is 0.600 bits per heavy atom. The van der Waals surface area contributed by atoms with Gasteiger partial charge in [0.25, 0.3) is 0 Å². The van der Waals surface area contributed by atoms with Gasteiger partial charge in [-0.1, -0.05) is 43.2 Å². The Morgan fingerprint density at radius 2 is 0.463 bits per heavy atom. The molecule has 0 aromatic carbocycles. The lowest BCUT2D eigenvalue weighted by atomic mass is 10.1. The molecule has 0 unspecified atom stereocenters. The first kappa shape index (κ1) is 74.8. The number of carboxylic acid groups (broad SMARTS) is 8. The minimum absolute atomic E-state index is 0.155. The molecule has 0 heterocycles. The molecule has 0 radical (unpaired) electrons. The van der Waals surface area contributed by atoms with E-state index in [2.05, 4.69) is 42.5 Å². The number of hydrogen-bond donors (Lipinski definition) is 20. The quantitative estimate of drug-likeness (QED) is 0.0199. The highest BCUT2D eigenvalue weighted by molar-refractivity contribution is 8.77. The van der Waals surface area contributed by atoms with Crippen LogP contribution in [-0.4, -0.2) is 233 Å². The second kappa shape index (κ2) is 41.8. The van der Waals surface area contributed by atoms with E-state index in [4.69, 9.17) is 63.8 Å². The molecule has 80 heavy (non-hydrogen) atoms. The number of aliphatic carboxylic acids is 8. The van der Waals surface area contributed by atoms with Gasteiger partial charge in [-0.15, -0.1) is 0 Å². The summed E-state index contributed by atoms with van der Waals surface area (Å²) < 4.78 is 0. The van der Waals surface area contributed by atoms with Crippen molar-refractivity contribution in [1.82, 2.24) is 42.5 Å². The molecular formula is C40H64N12O24S4. The molecule has 0 saturated heterocycles. The number of carbonyl (C=O) groups is 16. The number of nitrogens with two attached hydrogens (primary N) is 4. The second-order valence-electron chi connectivity index (χ2n) is 16.0. The van der Waals surface area contributed by atoms with Gasteiger partial charge in [-0.2, -0.15) is 0 Å². The van der Waals surface area contributed by atoms with Gasteiger partial charge in [0.1, 0.15) is 74.5 Å². The zero-order chi connectivity index (χ0) is 61.7. The van der Waals surface area contributed by atoms with Gasteiger partial charge in [-0.3, -0.25) is 76.7 Å². The largest absolute Gasteiger partial charge is 0.480 e. The molecule has 0 aromatic heterocycles. The maximum Gasteiger partial charge on any atom is 0.322 e.